The van der Waals surface area contributed by atoms with Gasteiger partial charge in [0.15, 0.2) is 0 Å². The fraction of sp³-hybridized carbons (Fsp3) is 0.562. The molecule has 2 aliphatic rings. The number of halogens is 1. The maximum absolute atomic E-state index is 12.7. The van der Waals surface area contributed by atoms with Gasteiger partial charge in [0.25, 0.3) is 0 Å². The SMILES string of the molecule is CC1(C)C2OCCCC2C1(N)C(=O)Nc1cccc(O)c1.Cl. The first-order valence-electron chi connectivity index (χ1n) is 7.38. The van der Waals surface area contributed by atoms with Crippen LogP contribution in [0.15, 0.2) is 24.3 Å². The van der Waals surface area contributed by atoms with Crippen molar-refractivity contribution >= 4 is 24.0 Å². The molecule has 5 nitrogen and oxygen atoms in total. The fourth-order valence-electron chi connectivity index (χ4n) is 3.85. The van der Waals surface area contributed by atoms with E-state index in [-0.39, 0.29) is 36.1 Å². The van der Waals surface area contributed by atoms with Crippen LogP contribution < -0.4 is 11.1 Å². The summed E-state index contributed by atoms with van der Waals surface area (Å²) in [4.78, 5) is 12.7. The summed E-state index contributed by atoms with van der Waals surface area (Å²) in [6, 6.07) is 6.50. The second-order valence-corrected chi connectivity index (χ2v) is 6.64. The molecular formula is C16H23ClN2O3. The average molecular weight is 327 g/mol. The molecule has 0 bridgehead atoms. The van der Waals surface area contributed by atoms with E-state index >= 15 is 0 Å². The number of benzene rings is 1. The summed E-state index contributed by atoms with van der Waals surface area (Å²) >= 11 is 0. The van der Waals surface area contributed by atoms with Gasteiger partial charge >= 0.3 is 0 Å². The number of amides is 1. The molecule has 1 amide bonds. The number of nitrogens with two attached hydrogens (primary N) is 1. The van der Waals surface area contributed by atoms with E-state index in [0.29, 0.717) is 5.69 Å². The van der Waals surface area contributed by atoms with Crippen molar-refractivity contribution in [2.24, 2.45) is 17.1 Å². The highest BCUT2D eigenvalue weighted by Crippen LogP contribution is 2.57. The number of fused-ring (bicyclic) bond motifs is 1. The Kier molecular flexibility index (Phi) is 4.44. The van der Waals surface area contributed by atoms with Gasteiger partial charge in [-0.05, 0) is 25.0 Å². The third-order valence-electron chi connectivity index (χ3n) is 5.16. The summed E-state index contributed by atoms with van der Waals surface area (Å²) in [5.41, 5.74) is 5.72. The maximum Gasteiger partial charge on any atom is 0.245 e. The van der Waals surface area contributed by atoms with Crippen LogP contribution in [0.4, 0.5) is 5.69 Å². The maximum atomic E-state index is 12.7. The van der Waals surface area contributed by atoms with E-state index in [9.17, 15) is 9.90 Å². The number of hydrogen-bond donors (Lipinski definition) is 3. The van der Waals surface area contributed by atoms with Crippen LogP contribution >= 0.6 is 12.4 Å². The van der Waals surface area contributed by atoms with Crippen LogP contribution in [0.2, 0.25) is 0 Å². The van der Waals surface area contributed by atoms with Gasteiger partial charge in [-0.3, -0.25) is 4.79 Å². The highest BCUT2D eigenvalue weighted by Gasteiger charge is 2.70. The molecule has 1 saturated carbocycles. The standard InChI is InChI=1S/C16H22N2O3.ClH/c1-15(2)13-12(7-4-8-21-13)16(15,17)14(20)18-10-5-3-6-11(19)9-10;/h3,5-6,9,12-13,19H,4,7-8,17H2,1-2H3,(H,18,20);1H. The Balaban J connectivity index is 0.00000176. The Morgan fingerprint density at radius 3 is 2.86 bits per heavy atom. The largest absolute Gasteiger partial charge is 0.508 e. The quantitative estimate of drug-likeness (QED) is 0.778. The van der Waals surface area contributed by atoms with Crippen molar-refractivity contribution in [3.05, 3.63) is 24.3 Å². The lowest BCUT2D eigenvalue weighted by molar-refractivity contribution is -0.222. The van der Waals surface area contributed by atoms with Gasteiger partial charge in [0.1, 0.15) is 11.3 Å². The van der Waals surface area contributed by atoms with Crippen LogP contribution in [-0.4, -0.2) is 29.3 Å². The highest BCUT2D eigenvalue weighted by atomic mass is 35.5. The highest BCUT2D eigenvalue weighted by molar-refractivity contribution is 6.00. The van der Waals surface area contributed by atoms with Gasteiger partial charge in [-0.1, -0.05) is 19.9 Å². The Morgan fingerprint density at radius 2 is 2.18 bits per heavy atom. The van der Waals surface area contributed by atoms with Gasteiger partial charge in [-0.2, -0.15) is 0 Å². The number of phenolic OH excluding ortho intramolecular Hbond substituents is 1. The molecule has 0 radical (unpaired) electrons. The van der Waals surface area contributed by atoms with Gasteiger partial charge in [0.05, 0.1) is 6.10 Å². The summed E-state index contributed by atoms with van der Waals surface area (Å²) in [7, 11) is 0. The molecule has 1 aliphatic heterocycles. The number of carbonyl (C=O) groups is 1. The minimum Gasteiger partial charge on any atom is -0.508 e. The number of aromatic hydroxyl groups is 1. The molecule has 1 heterocycles. The lowest BCUT2D eigenvalue weighted by Gasteiger charge is -2.65. The van der Waals surface area contributed by atoms with Gasteiger partial charge < -0.3 is 20.9 Å². The van der Waals surface area contributed by atoms with Gasteiger partial charge in [0, 0.05) is 29.7 Å². The number of hydrogen-bond acceptors (Lipinski definition) is 4. The lowest BCUT2D eigenvalue weighted by atomic mass is 9.46. The minimum atomic E-state index is -0.941. The van der Waals surface area contributed by atoms with Gasteiger partial charge in [0.2, 0.25) is 5.91 Å². The molecule has 3 atom stereocenters. The van der Waals surface area contributed by atoms with Crippen molar-refractivity contribution < 1.29 is 14.6 Å². The Bertz CT molecular complexity index is 578. The fourth-order valence-corrected chi connectivity index (χ4v) is 3.85. The molecule has 1 aromatic rings. The van der Waals surface area contributed by atoms with Crippen molar-refractivity contribution in [3.63, 3.8) is 0 Å². The number of nitrogens with one attached hydrogen (secondary N) is 1. The summed E-state index contributed by atoms with van der Waals surface area (Å²) in [5.74, 6) is -0.0333. The molecule has 6 heteroatoms. The van der Waals surface area contributed by atoms with Crippen LogP contribution in [0.3, 0.4) is 0 Å². The van der Waals surface area contributed by atoms with Crippen LogP contribution in [0.25, 0.3) is 0 Å². The smallest absolute Gasteiger partial charge is 0.245 e. The van der Waals surface area contributed by atoms with E-state index in [2.05, 4.69) is 5.32 Å². The summed E-state index contributed by atoms with van der Waals surface area (Å²) in [6.45, 7) is 4.72. The summed E-state index contributed by atoms with van der Waals surface area (Å²) in [5, 5.41) is 12.3. The minimum absolute atomic E-state index is 0. The van der Waals surface area contributed by atoms with Crippen LogP contribution in [-0.2, 0) is 9.53 Å². The van der Waals surface area contributed by atoms with E-state index in [0.717, 1.165) is 19.4 Å². The average Bonchev–Trinajstić information content (AvgIpc) is 2.46. The van der Waals surface area contributed by atoms with Crippen molar-refractivity contribution in [2.75, 3.05) is 11.9 Å². The van der Waals surface area contributed by atoms with Crippen molar-refractivity contribution in [2.45, 2.75) is 38.3 Å². The molecule has 2 fully saturated rings. The van der Waals surface area contributed by atoms with Crippen LogP contribution in [0, 0.1) is 11.3 Å². The molecule has 22 heavy (non-hydrogen) atoms. The number of ether oxygens (including phenoxy) is 1. The van der Waals surface area contributed by atoms with Gasteiger partial charge in [-0.25, -0.2) is 0 Å². The zero-order valence-electron chi connectivity index (χ0n) is 12.8. The predicted molar refractivity (Wildman–Crippen MR) is 87.1 cm³/mol. The van der Waals surface area contributed by atoms with E-state index < -0.39 is 11.0 Å². The molecule has 3 unspecified atom stereocenters. The topological polar surface area (TPSA) is 84.6 Å². The molecule has 0 aromatic heterocycles. The molecular weight excluding hydrogens is 304 g/mol. The molecule has 1 aromatic carbocycles. The zero-order chi connectivity index (χ0) is 15.3. The molecule has 1 saturated heterocycles. The monoisotopic (exact) mass is 326 g/mol. The van der Waals surface area contributed by atoms with E-state index in [1.165, 1.54) is 6.07 Å². The molecule has 0 spiro atoms. The molecule has 1 aliphatic carbocycles. The predicted octanol–water partition coefficient (Wildman–Crippen LogP) is 2.28. The molecule has 3 rings (SSSR count). The summed E-state index contributed by atoms with van der Waals surface area (Å²) < 4.78 is 5.81. The van der Waals surface area contributed by atoms with E-state index in [1.54, 1.807) is 18.2 Å². The zero-order valence-corrected chi connectivity index (χ0v) is 13.7. The number of anilines is 1. The van der Waals surface area contributed by atoms with Crippen LogP contribution in [0.1, 0.15) is 26.7 Å². The first-order chi connectivity index (χ1) is 9.87. The number of phenols is 1. The first-order valence-corrected chi connectivity index (χ1v) is 7.38. The second-order valence-electron chi connectivity index (χ2n) is 6.64. The third kappa shape index (κ3) is 2.28. The third-order valence-corrected chi connectivity index (χ3v) is 5.16. The number of carbonyl (C=O) groups excluding carboxylic acids is 1. The molecule has 4 N–H and O–H groups in total. The van der Waals surface area contributed by atoms with Crippen molar-refractivity contribution in [1.29, 1.82) is 0 Å². The lowest BCUT2D eigenvalue weighted by Crippen LogP contribution is -2.81. The van der Waals surface area contributed by atoms with Gasteiger partial charge in [-0.15, -0.1) is 12.4 Å². The normalized spacial score (nSPS) is 32.1. The Labute approximate surface area is 136 Å². The van der Waals surface area contributed by atoms with Crippen molar-refractivity contribution in [1.82, 2.24) is 0 Å². The van der Waals surface area contributed by atoms with E-state index in [4.69, 9.17) is 10.5 Å². The Morgan fingerprint density at radius 1 is 1.45 bits per heavy atom. The number of rotatable bonds is 2. The first kappa shape index (κ1) is 17.1. The Hall–Kier alpha value is -1.30. The molecule has 122 valence electrons. The van der Waals surface area contributed by atoms with Crippen LogP contribution in [0.5, 0.6) is 5.75 Å². The van der Waals surface area contributed by atoms with E-state index in [1.807, 2.05) is 13.8 Å². The summed E-state index contributed by atoms with van der Waals surface area (Å²) in [6.07, 6.45) is 1.90. The van der Waals surface area contributed by atoms with Crippen molar-refractivity contribution in [3.8, 4) is 5.75 Å². The second kappa shape index (κ2) is 5.72.